The molecule has 0 saturated carbocycles. The summed E-state index contributed by atoms with van der Waals surface area (Å²) in [6.07, 6.45) is 0. The molecule has 1 heterocycles. The predicted molar refractivity (Wildman–Crippen MR) is 92.1 cm³/mol. The van der Waals surface area contributed by atoms with Crippen LogP contribution in [0.3, 0.4) is 0 Å². The van der Waals surface area contributed by atoms with Crippen molar-refractivity contribution in [2.24, 2.45) is 0 Å². The number of methoxy groups -OCH3 is 1. The molecule has 24 heavy (non-hydrogen) atoms. The van der Waals surface area contributed by atoms with Crippen molar-refractivity contribution in [3.63, 3.8) is 0 Å². The number of anilines is 1. The van der Waals surface area contributed by atoms with Crippen molar-refractivity contribution < 1.29 is 9.53 Å². The highest BCUT2D eigenvalue weighted by atomic mass is 16.5. The maximum absolute atomic E-state index is 13.2. The van der Waals surface area contributed by atoms with Crippen LogP contribution in [0.4, 0.5) is 5.69 Å². The monoisotopic (exact) mass is 314 g/mol. The Hall–Kier alpha value is -3.32. The molecule has 1 unspecified atom stereocenters. The number of nitrogens with zero attached hydrogens (tertiary/aromatic N) is 2. The summed E-state index contributed by atoms with van der Waals surface area (Å²) in [5, 5.41) is 11.6. The van der Waals surface area contributed by atoms with Gasteiger partial charge in [0.2, 0.25) is 0 Å². The number of rotatable bonds is 2. The zero-order chi connectivity index (χ0) is 16.7. The molecule has 0 aromatic heterocycles. The van der Waals surface area contributed by atoms with Crippen molar-refractivity contribution in [1.29, 1.82) is 5.26 Å². The first-order chi connectivity index (χ1) is 11.8. The molecule has 1 aliphatic rings. The summed E-state index contributed by atoms with van der Waals surface area (Å²) in [5.41, 5.74) is 1.95. The van der Waals surface area contributed by atoms with Gasteiger partial charge in [0, 0.05) is 5.56 Å². The summed E-state index contributed by atoms with van der Waals surface area (Å²) in [6.45, 7) is 0. The minimum atomic E-state index is -0.659. The smallest absolute Gasteiger partial charge is 0.260 e. The lowest BCUT2D eigenvalue weighted by atomic mass is 9.98. The number of ether oxygens (including phenoxy) is 1. The molecule has 1 atom stereocenters. The normalized spacial score (nSPS) is 16.1. The molecular weight excluding hydrogens is 300 g/mol. The number of carbonyl (C=O) groups is 1. The van der Waals surface area contributed by atoms with Crippen LogP contribution in [0.2, 0.25) is 0 Å². The fraction of sp³-hybridized carbons (Fsp3) is 0.100. The number of amides is 1. The Morgan fingerprint density at radius 1 is 1.04 bits per heavy atom. The third-order valence-corrected chi connectivity index (χ3v) is 4.41. The summed E-state index contributed by atoms with van der Waals surface area (Å²) < 4.78 is 5.38. The zero-order valence-electron chi connectivity index (χ0n) is 13.1. The SMILES string of the molecule is COc1ccccc1N1C(=O)c2c(ccc3ccccc23)C1C#N. The molecule has 4 heteroatoms. The van der Waals surface area contributed by atoms with Gasteiger partial charge in [-0.1, -0.05) is 48.5 Å². The predicted octanol–water partition coefficient (Wildman–Crippen LogP) is 4.07. The van der Waals surface area contributed by atoms with E-state index in [4.69, 9.17) is 4.74 Å². The van der Waals surface area contributed by atoms with Crippen molar-refractivity contribution in [1.82, 2.24) is 0 Å². The van der Waals surface area contributed by atoms with Gasteiger partial charge >= 0.3 is 0 Å². The van der Waals surface area contributed by atoms with E-state index in [0.717, 1.165) is 16.3 Å². The van der Waals surface area contributed by atoms with Gasteiger partial charge in [-0.15, -0.1) is 0 Å². The van der Waals surface area contributed by atoms with Gasteiger partial charge in [-0.2, -0.15) is 5.26 Å². The summed E-state index contributed by atoms with van der Waals surface area (Å²) in [4.78, 5) is 14.7. The van der Waals surface area contributed by atoms with E-state index in [1.165, 1.54) is 4.90 Å². The van der Waals surface area contributed by atoms with Crippen LogP contribution < -0.4 is 9.64 Å². The third kappa shape index (κ3) is 1.88. The maximum atomic E-state index is 13.2. The van der Waals surface area contributed by atoms with E-state index in [1.54, 1.807) is 19.2 Å². The summed E-state index contributed by atoms with van der Waals surface area (Å²) in [6, 6.07) is 20.4. The van der Waals surface area contributed by atoms with Gasteiger partial charge in [0.25, 0.3) is 5.91 Å². The van der Waals surface area contributed by atoms with E-state index in [2.05, 4.69) is 6.07 Å². The van der Waals surface area contributed by atoms with Gasteiger partial charge in [-0.25, -0.2) is 0 Å². The Balaban J connectivity index is 1.97. The second-order valence-electron chi connectivity index (χ2n) is 5.63. The van der Waals surface area contributed by atoms with Crippen LogP contribution in [-0.2, 0) is 0 Å². The number of benzene rings is 3. The minimum Gasteiger partial charge on any atom is -0.495 e. The van der Waals surface area contributed by atoms with Gasteiger partial charge in [0.1, 0.15) is 5.75 Å². The first-order valence-electron chi connectivity index (χ1n) is 7.64. The Labute approximate surface area is 139 Å². The van der Waals surface area contributed by atoms with Crippen LogP contribution in [0, 0.1) is 11.3 Å². The van der Waals surface area contributed by atoms with Crippen LogP contribution in [0.15, 0.2) is 60.7 Å². The largest absolute Gasteiger partial charge is 0.495 e. The second kappa shape index (κ2) is 5.39. The van der Waals surface area contributed by atoms with Gasteiger partial charge in [0.05, 0.1) is 24.4 Å². The summed E-state index contributed by atoms with van der Waals surface area (Å²) in [7, 11) is 1.56. The van der Waals surface area contributed by atoms with Gasteiger partial charge in [0.15, 0.2) is 6.04 Å². The van der Waals surface area contributed by atoms with Crippen LogP contribution in [0.5, 0.6) is 5.75 Å². The number of carbonyl (C=O) groups excluding carboxylic acids is 1. The van der Waals surface area contributed by atoms with Crippen molar-refractivity contribution in [3.8, 4) is 11.8 Å². The number of nitriles is 1. The number of fused-ring (bicyclic) bond motifs is 3. The number of hydrogen-bond acceptors (Lipinski definition) is 3. The Morgan fingerprint density at radius 3 is 2.58 bits per heavy atom. The number of para-hydroxylation sites is 2. The van der Waals surface area contributed by atoms with Crippen LogP contribution in [-0.4, -0.2) is 13.0 Å². The maximum Gasteiger partial charge on any atom is 0.260 e. The molecule has 4 nitrogen and oxygen atoms in total. The first kappa shape index (κ1) is 14.3. The molecule has 3 aromatic rings. The summed E-state index contributed by atoms with van der Waals surface area (Å²) >= 11 is 0. The van der Waals surface area contributed by atoms with Crippen LogP contribution in [0.1, 0.15) is 22.0 Å². The highest BCUT2D eigenvalue weighted by Gasteiger charge is 2.40. The molecule has 116 valence electrons. The van der Waals surface area contributed by atoms with E-state index < -0.39 is 6.04 Å². The zero-order valence-corrected chi connectivity index (χ0v) is 13.1. The van der Waals surface area contributed by atoms with E-state index in [1.807, 2.05) is 48.5 Å². The topological polar surface area (TPSA) is 53.3 Å². The van der Waals surface area contributed by atoms with Crippen molar-refractivity contribution in [2.75, 3.05) is 12.0 Å². The molecule has 0 bridgehead atoms. The lowest BCUT2D eigenvalue weighted by Gasteiger charge is -2.22. The average Bonchev–Trinajstić information content (AvgIpc) is 2.93. The molecule has 1 aliphatic heterocycles. The highest BCUT2D eigenvalue weighted by Crippen LogP contribution is 2.43. The molecule has 0 radical (unpaired) electrons. The minimum absolute atomic E-state index is 0.169. The van der Waals surface area contributed by atoms with Crippen molar-refractivity contribution in [2.45, 2.75) is 6.04 Å². The second-order valence-corrected chi connectivity index (χ2v) is 5.63. The lowest BCUT2D eigenvalue weighted by molar-refractivity contribution is 0.0995. The van der Waals surface area contributed by atoms with Gasteiger partial charge in [-0.3, -0.25) is 9.69 Å². The standard InChI is InChI=1S/C20H14N2O2/c1-24-18-9-5-4-8-16(18)22-17(12-21)15-11-10-13-6-2-3-7-14(13)19(15)20(22)23/h2-11,17H,1H3. The molecule has 4 rings (SSSR count). The molecule has 0 spiro atoms. The van der Waals surface area contributed by atoms with E-state index in [-0.39, 0.29) is 5.91 Å². The molecule has 0 fully saturated rings. The Bertz CT molecular complexity index is 1000. The Kier molecular flexibility index (Phi) is 3.21. The number of hydrogen-bond donors (Lipinski definition) is 0. The van der Waals surface area contributed by atoms with Crippen LogP contribution >= 0.6 is 0 Å². The Morgan fingerprint density at radius 2 is 1.79 bits per heavy atom. The quantitative estimate of drug-likeness (QED) is 0.716. The summed E-state index contributed by atoms with van der Waals surface area (Å²) in [5.74, 6) is 0.404. The van der Waals surface area contributed by atoms with Gasteiger partial charge in [-0.05, 0) is 22.9 Å². The fourth-order valence-corrected chi connectivity index (χ4v) is 3.34. The van der Waals surface area contributed by atoms with Crippen LogP contribution in [0.25, 0.3) is 10.8 Å². The molecule has 0 aliphatic carbocycles. The molecular formula is C20H14N2O2. The molecule has 3 aromatic carbocycles. The average molecular weight is 314 g/mol. The van der Waals surface area contributed by atoms with Crippen molar-refractivity contribution >= 4 is 22.4 Å². The third-order valence-electron chi connectivity index (χ3n) is 4.41. The molecule has 0 N–H and O–H groups in total. The van der Waals surface area contributed by atoms with Crippen molar-refractivity contribution in [3.05, 3.63) is 71.8 Å². The lowest BCUT2D eigenvalue weighted by Crippen LogP contribution is -2.27. The first-order valence-corrected chi connectivity index (χ1v) is 7.64. The molecule has 1 amide bonds. The van der Waals surface area contributed by atoms with E-state index in [0.29, 0.717) is 17.0 Å². The van der Waals surface area contributed by atoms with E-state index in [9.17, 15) is 10.1 Å². The van der Waals surface area contributed by atoms with Gasteiger partial charge < -0.3 is 4.74 Å². The fourth-order valence-electron chi connectivity index (χ4n) is 3.34. The highest BCUT2D eigenvalue weighted by molar-refractivity contribution is 6.19. The molecule has 0 saturated heterocycles. The van der Waals surface area contributed by atoms with E-state index >= 15 is 0 Å².